The van der Waals surface area contributed by atoms with Crippen LogP contribution in [0.15, 0.2) is 6.07 Å². The fourth-order valence-electron chi connectivity index (χ4n) is 3.22. The summed E-state index contributed by atoms with van der Waals surface area (Å²) in [5, 5.41) is 11.5. The molecular formula is C23H40N2O2. The van der Waals surface area contributed by atoms with E-state index in [9.17, 15) is 0 Å². The molecular weight excluding hydrogens is 336 g/mol. The van der Waals surface area contributed by atoms with E-state index in [1.54, 1.807) is 0 Å². The van der Waals surface area contributed by atoms with E-state index in [-0.39, 0.29) is 0 Å². The molecule has 0 atom stereocenters. The van der Waals surface area contributed by atoms with E-state index in [1.807, 2.05) is 14.0 Å². The van der Waals surface area contributed by atoms with Gasteiger partial charge in [-0.15, -0.1) is 0 Å². The summed E-state index contributed by atoms with van der Waals surface area (Å²) in [5.41, 5.74) is 3.78. The topological polar surface area (TPSA) is 54.3 Å². The summed E-state index contributed by atoms with van der Waals surface area (Å²) in [6, 6.07) is 2.05. The van der Waals surface area contributed by atoms with Crippen molar-refractivity contribution >= 4 is 5.71 Å². The van der Waals surface area contributed by atoms with Gasteiger partial charge in [0.1, 0.15) is 11.5 Å². The van der Waals surface area contributed by atoms with E-state index in [0.717, 1.165) is 73.6 Å². The van der Waals surface area contributed by atoms with Gasteiger partial charge in [0.15, 0.2) is 0 Å². The first-order chi connectivity index (χ1) is 13.1. The van der Waals surface area contributed by atoms with Crippen molar-refractivity contribution in [1.82, 2.24) is 5.32 Å². The van der Waals surface area contributed by atoms with Crippen LogP contribution in [0, 0.1) is 12.3 Å². The summed E-state index contributed by atoms with van der Waals surface area (Å²) in [6.45, 7) is 10.8. The molecule has 0 fully saturated rings. The van der Waals surface area contributed by atoms with Gasteiger partial charge in [-0.3, -0.25) is 0 Å². The molecule has 4 nitrogen and oxygen atoms in total. The zero-order valence-corrected chi connectivity index (χ0v) is 18.2. The first kappa shape index (κ1) is 23.5. The third-order valence-corrected chi connectivity index (χ3v) is 4.84. The van der Waals surface area contributed by atoms with Crippen molar-refractivity contribution in [2.45, 2.75) is 79.1 Å². The van der Waals surface area contributed by atoms with Crippen LogP contribution in [0.3, 0.4) is 0 Å². The smallest absolute Gasteiger partial charge is 0.129 e. The molecule has 1 aromatic carbocycles. The molecule has 0 aromatic heterocycles. The fraction of sp³-hybridized carbons (Fsp3) is 0.696. The third-order valence-electron chi connectivity index (χ3n) is 4.84. The number of ether oxygens (including phenoxy) is 2. The van der Waals surface area contributed by atoms with Crippen LogP contribution >= 0.6 is 0 Å². The lowest BCUT2D eigenvalue weighted by atomic mass is 9.95. The van der Waals surface area contributed by atoms with Crippen molar-refractivity contribution in [3.63, 3.8) is 0 Å². The molecule has 0 amide bonds. The molecule has 0 radical (unpaired) electrons. The zero-order valence-electron chi connectivity index (χ0n) is 18.2. The molecule has 0 aliphatic heterocycles. The van der Waals surface area contributed by atoms with Gasteiger partial charge in [-0.05, 0) is 59.2 Å². The lowest BCUT2D eigenvalue weighted by molar-refractivity contribution is 0.285. The number of rotatable bonds is 15. The minimum atomic E-state index is 0.575. The predicted molar refractivity (Wildman–Crippen MR) is 116 cm³/mol. The average molecular weight is 377 g/mol. The Balaban J connectivity index is 3.14. The van der Waals surface area contributed by atoms with Gasteiger partial charge < -0.3 is 20.2 Å². The first-order valence-electron chi connectivity index (χ1n) is 10.7. The second kappa shape index (κ2) is 13.6. The van der Waals surface area contributed by atoms with Crippen LogP contribution in [0.25, 0.3) is 0 Å². The van der Waals surface area contributed by atoms with Gasteiger partial charge in [-0.2, -0.15) is 0 Å². The highest BCUT2D eigenvalue weighted by molar-refractivity contribution is 5.99. The zero-order chi connectivity index (χ0) is 20.1. The van der Waals surface area contributed by atoms with Crippen molar-refractivity contribution in [1.29, 1.82) is 5.41 Å². The molecule has 0 bridgehead atoms. The van der Waals surface area contributed by atoms with Gasteiger partial charge >= 0.3 is 0 Å². The van der Waals surface area contributed by atoms with E-state index in [4.69, 9.17) is 14.9 Å². The minimum absolute atomic E-state index is 0.575. The Morgan fingerprint density at radius 2 is 1.63 bits per heavy atom. The average Bonchev–Trinajstić information content (AvgIpc) is 2.65. The third kappa shape index (κ3) is 7.92. The Bertz CT molecular complexity index is 570. The van der Waals surface area contributed by atoms with Gasteiger partial charge in [0, 0.05) is 22.4 Å². The molecule has 0 unspecified atom stereocenters. The summed E-state index contributed by atoms with van der Waals surface area (Å²) < 4.78 is 12.4. The second-order valence-electron chi connectivity index (χ2n) is 7.30. The maximum absolute atomic E-state index is 8.28. The molecule has 27 heavy (non-hydrogen) atoms. The van der Waals surface area contributed by atoms with Crippen LogP contribution in [0.2, 0.25) is 0 Å². The maximum Gasteiger partial charge on any atom is 0.129 e. The number of benzene rings is 1. The Morgan fingerprint density at radius 1 is 1.00 bits per heavy atom. The van der Waals surface area contributed by atoms with Crippen LogP contribution in [0.1, 0.15) is 82.4 Å². The molecule has 0 aliphatic rings. The fourth-order valence-corrected chi connectivity index (χ4v) is 3.22. The number of unbranched alkanes of at least 4 members (excludes halogenated alkanes) is 4. The standard InChI is InChI=1S/C23H40N2O2/c1-6-8-10-15-26-22-17-21(19(4)24)20(13-12-14-25-5)23(18(22)3)27-16-11-9-7-2/h17,24-25H,6-16H2,1-5H3. The van der Waals surface area contributed by atoms with Crippen molar-refractivity contribution in [3.05, 3.63) is 22.8 Å². The molecule has 0 saturated carbocycles. The van der Waals surface area contributed by atoms with E-state index >= 15 is 0 Å². The van der Waals surface area contributed by atoms with Crippen LogP contribution in [-0.4, -0.2) is 32.5 Å². The van der Waals surface area contributed by atoms with Crippen LogP contribution < -0.4 is 14.8 Å². The molecule has 1 aromatic rings. The van der Waals surface area contributed by atoms with Crippen molar-refractivity contribution in [3.8, 4) is 11.5 Å². The molecule has 0 heterocycles. The van der Waals surface area contributed by atoms with E-state index in [0.29, 0.717) is 5.71 Å². The maximum atomic E-state index is 8.28. The SMILES string of the molecule is CCCCCOc1cc(C(C)=N)c(CCCNC)c(OCCCCC)c1C. The highest BCUT2D eigenvalue weighted by Crippen LogP contribution is 2.36. The molecule has 0 spiro atoms. The molecule has 154 valence electrons. The monoisotopic (exact) mass is 376 g/mol. The van der Waals surface area contributed by atoms with Gasteiger partial charge in [0.2, 0.25) is 0 Å². The van der Waals surface area contributed by atoms with Gasteiger partial charge in [-0.1, -0.05) is 39.5 Å². The summed E-state index contributed by atoms with van der Waals surface area (Å²) in [7, 11) is 1.98. The minimum Gasteiger partial charge on any atom is -0.493 e. The Morgan fingerprint density at radius 3 is 2.19 bits per heavy atom. The quantitative estimate of drug-likeness (QED) is 0.306. The lowest BCUT2D eigenvalue weighted by Gasteiger charge is -2.21. The number of hydrogen-bond donors (Lipinski definition) is 2. The largest absolute Gasteiger partial charge is 0.493 e. The Kier molecular flexibility index (Phi) is 11.8. The summed E-state index contributed by atoms with van der Waals surface area (Å²) in [5.74, 6) is 1.81. The normalized spacial score (nSPS) is 10.9. The van der Waals surface area contributed by atoms with Crippen molar-refractivity contribution < 1.29 is 9.47 Å². The number of hydrogen-bond acceptors (Lipinski definition) is 4. The number of nitrogens with one attached hydrogen (secondary N) is 2. The van der Waals surface area contributed by atoms with E-state index in [2.05, 4.69) is 32.2 Å². The van der Waals surface area contributed by atoms with Crippen molar-refractivity contribution in [2.75, 3.05) is 26.8 Å². The van der Waals surface area contributed by atoms with E-state index in [1.165, 1.54) is 25.7 Å². The molecule has 2 N–H and O–H groups in total. The lowest BCUT2D eigenvalue weighted by Crippen LogP contribution is -2.13. The van der Waals surface area contributed by atoms with Crippen LogP contribution in [0.4, 0.5) is 0 Å². The van der Waals surface area contributed by atoms with Crippen LogP contribution in [-0.2, 0) is 6.42 Å². The second-order valence-corrected chi connectivity index (χ2v) is 7.30. The summed E-state index contributed by atoms with van der Waals surface area (Å²) in [6.07, 6.45) is 8.78. The molecule has 1 rings (SSSR count). The van der Waals surface area contributed by atoms with Gasteiger partial charge in [-0.25, -0.2) is 0 Å². The van der Waals surface area contributed by atoms with Gasteiger partial charge in [0.25, 0.3) is 0 Å². The molecule has 4 heteroatoms. The van der Waals surface area contributed by atoms with Crippen molar-refractivity contribution in [2.24, 2.45) is 0 Å². The highest BCUT2D eigenvalue weighted by Gasteiger charge is 2.19. The highest BCUT2D eigenvalue weighted by atomic mass is 16.5. The summed E-state index contributed by atoms with van der Waals surface area (Å²) >= 11 is 0. The Hall–Kier alpha value is -1.55. The van der Waals surface area contributed by atoms with Gasteiger partial charge in [0.05, 0.1) is 13.2 Å². The summed E-state index contributed by atoms with van der Waals surface area (Å²) in [4.78, 5) is 0. The molecule has 0 saturated heterocycles. The van der Waals surface area contributed by atoms with E-state index < -0.39 is 0 Å². The van der Waals surface area contributed by atoms with Crippen LogP contribution in [0.5, 0.6) is 11.5 Å². The molecule has 0 aliphatic carbocycles. The Labute approximate surface area is 166 Å². The predicted octanol–water partition coefficient (Wildman–Crippen LogP) is 5.67. The first-order valence-corrected chi connectivity index (χ1v) is 10.7.